The summed E-state index contributed by atoms with van der Waals surface area (Å²) < 4.78 is 35.5. The third-order valence-electron chi connectivity index (χ3n) is 8.23. The van der Waals surface area contributed by atoms with Gasteiger partial charge in [0.25, 0.3) is 5.56 Å². The van der Waals surface area contributed by atoms with Crippen molar-refractivity contribution in [3.63, 3.8) is 0 Å². The summed E-state index contributed by atoms with van der Waals surface area (Å²) in [4.78, 5) is 43.5. The zero-order valence-corrected chi connectivity index (χ0v) is 22.9. The van der Waals surface area contributed by atoms with Crippen molar-refractivity contribution in [1.29, 1.82) is 0 Å². The number of aromatic nitrogens is 2. The standard InChI is InChI=1S/C30H33F2N5O5/c31-30(32)11-10-22(23(16-30)19-4-2-1-3-5-19)27(39)36-14-12-29(41,13-15-36)17-37-18-35-26(24(33)28(37)40)42-21-8-6-20(7-9-21)25(34)38/h1-9,18,22-23,41H,10-17,33H2,(H2,34,38)/t22-,23+/m1/s1. The number of hydrogen-bond donors (Lipinski definition) is 3. The van der Waals surface area contributed by atoms with Gasteiger partial charge in [-0.05, 0) is 49.1 Å². The van der Waals surface area contributed by atoms with Crippen LogP contribution in [0.25, 0.3) is 0 Å². The summed E-state index contributed by atoms with van der Waals surface area (Å²) in [6, 6.07) is 14.9. The first-order valence-electron chi connectivity index (χ1n) is 13.8. The van der Waals surface area contributed by atoms with E-state index in [1.807, 2.05) is 6.07 Å². The predicted octanol–water partition coefficient (Wildman–Crippen LogP) is 3.29. The highest BCUT2D eigenvalue weighted by Gasteiger charge is 2.46. The van der Waals surface area contributed by atoms with Gasteiger partial charge in [-0.2, -0.15) is 0 Å². The van der Waals surface area contributed by atoms with Crippen molar-refractivity contribution in [2.75, 3.05) is 18.8 Å². The molecule has 12 heteroatoms. The molecule has 42 heavy (non-hydrogen) atoms. The first kappa shape index (κ1) is 29.2. The number of likely N-dealkylation sites (tertiary alicyclic amines) is 1. The van der Waals surface area contributed by atoms with E-state index in [9.17, 15) is 28.3 Å². The third-order valence-corrected chi connectivity index (χ3v) is 8.23. The van der Waals surface area contributed by atoms with Crippen molar-refractivity contribution in [1.82, 2.24) is 14.5 Å². The number of rotatable bonds is 7. The number of nitrogen functional groups attached to an aromatic ring is 1. The predicted molar refractivity (Wildman–Crippen MR) is 150 cm³/mol. The van der Waals surface area contributed by atoms with Crippen LogP contribution < -0.4 is 21.8 Å². The lowest BCUT2D eigenvalue weighted by molar-refractivity contribution is -0.145. The molecule has 1 aromatic heterocycles. The van der Waals surface area contributed by atoms with E-state index in [1.165, 1.54) is 35.2 Å². The number of nitrogens with two attached hydrogens (primary N) is 2. The quantitative estimate of drug-likeness (QED) is 0.387. The van der Waals surface area contributed by atoms with Crippen LogP contribution in [0.4, 0.5) is 14.5 Å². The summed E-state index contributed by atoms with van der Waals surface area (Å²) in [5.74, 6) is -4.58. The van der Waals surface area contributed by atoms with E-state index in [-0.39, 0.29) is 74.8 Å². The smallest absolute Gasteiger partial charge is 0.280 e. The summed E-state index contributed by atoms with van der Waals surface area (Å²) in [5, 5.41) is 11.3. The molecule has 1 saturated heterocycles. The maximum atomic E-state index is 14.3. The number of alkyl halides is 2. The minimum Gasteiger partial charge on any atom is -0.437 e. The Morgan fingerprint density at radius 1 is 1.05 bits per heavy atom. The van der Waals surface area contributed by atoms with Gasteiger partial charge in [-0.15, -0.1) is 0 Å². The zero-order chi connectivity index (χ0) is 30.1. The Morgan fingerprint density at radius 3 is 2.36 bits per heavy atom. The minimum absolute atomic E-state index is 0.0935. The van der Waals surface area contributed by atoms with Crippen LogP contribution in [0, 0.1) is 5.92 Å². The minimum atomic E-state index is -2.82. The van der Waals surface area contributed by atoms with Crippen molar-refractivity contribution in [2.24, 2.45) is 11.7 Å². The van der Waals surface area contributed by atoms with E-state index < -0.39 is 34.8 Å². The number of anilines is 1. The second-order valence-corrected chi connectivity index (χ2v) is 11.2. The first-order chi connectivity index (χ1) is 19.9. The lowest BCUT2D eigenvalue weighted by atomic mass is 9.73. The highest BCUT2D eigenvalue weighted by Crippen LogP contribution is 2.46. The lowest BCUT2D eigenvalue weighted by Gasteiger charge is -2.42. The van der Waals surface area contributed by atoms with Gasteiger partial charge < -0.3 is 26.2 Å². The van der Waals surface area contributed by atoms with Crippen LogP contribution in [0.3, 0.4) is 0 Å². The number of piperidine rings is 1. The normalized spacial score (nSPS) is 21.5. The number of aliphatic hydroxyl groups is 1. The molecular weight excluding hydrogens is 548 g/mol. The fourth-order valence-electron chi connectivity index (χ4n) is 5.82. The van der Waals surface area contributed by atoms with Crippen molar-refractivity contribution < 1.29 is 28.2 Å². The number of halogens is 2. The number of carbonyl (C=O) groups excluding carboxylic acids is 2. The molecule has 3 aromatic rings. The van der Waals surface area contributed by atoms with E-state index in [1.54, 1.807) is 29.2 Å². The average Bonchev–Trinajstić information content (AvgIpc) is 2.97. The Labute approximate surface area is 240 Å². The van der Waals surface area contributed by atoms with Gasteiger partial charge in [-0.25, -0.2) is 13.8 Å². The van der Waals surface area contributed by atoms with Crippen molar-refractivity contribution in [3.8, 4) is 11.6 Å². The fraction of sp³-hybridized carbons (Fsp3) is 0.400. The SMILES string of the molecule is NC(=O)c1ccc(Oc2ncn(CC3(O)CCN(C(=O)[C@@H]4CCC(F)(F)C[C@H]4c4ccccc4)CC3)c(=O)c2N)cc1. The Morgan fingerprint density at radius 2 is 1.71 bits per heavy atom. The molecule has 222 valence electrons. The average molecular weight is 582 g/mol. The molecule has 1 aliphatic carbocycles. The Bertz CT molecular complexity index is 1500. The molecule has 0 spiro atoms. The number of hydrogen-bond acceptors (Lipinski definition) is 7. The van der Waals surface area contributed by atoms with Crippen LogP contribution in [0.2, 0.25) is 0 Å². The van der Waals surface area contributed by atoms with E-state index in [0.29, 0.717) is 5.75 Å². The Hall–Kier alpha value is -4.32. The van der Waals surface area contributed by atoms with Gasteiger partial charge in [0.15, 0.2) is 5.69 Å². The summed E-state index contributed by atoms with van der Waals surface area (Å²) in [6.45, 7) is 0.356. The van der Waals surface area contributed by atoms with Crippen molar-refractivity contribution in [2.45, 2.75) is 56.1 Å². The maximum absolute atomic E-state index is 14.3. The van der Waals surface area contributed by atoms with Crippen LogP contribution in [0.5, 0.6) is 11.6 Å². The Kier molecular flexibility index (Phi) is 8.00. The molecule has 2 heterocycles. The summed E-state index contributed by atoms with van der Waals surface area (Å²) in [5.41, 5.74) is 10.1. The molecule has 0 bridgehead atoms. The van der Waals surface area contributed by atoms with Crippen LogP contribution in [-0.2, 0) is 11.3 Å². The molecule has 5 rings (SSSR count). The Balaban J connectivity index is 1.23. The first-order valence-corrected chi connectivity index (χ1v) is 13.8. The monoisotopic (exact) mass is 581 g/mol. The van der Waals surface area contributed by atoms with E-state index in [4.69, 9.17) is 16.2 Å². The van der Waals surface area contributed by atoms with Gasteiger partial charge in [0.1, 0.15) is 12.1 Å². The molecule has 0 radical (unpaired) electrons. The number of ether oxygens (including phenoxy) is 1. The lowest BCUT2D eigenvalue weighted by Crippen LogP contribution is -2.52. The highest BCUT2D eigenvalue weighted by molar-refractivity contribution is 5.92. The third kappa shape index (κ3) is 6.28. The molecule has 5 N–H and O–H groups in total. The van der Waals surface area contributed by atoms with Gasteiger partial charge in [-0.1, -0.05) is 30.3 Å². The van der Waals surface area contributed by atoms with Gasteiger partial charge in [0.05, 0.1) is 12.1 Å². The van der Waals surface area contributed by atoms with E-state index >= 15 is 0 Å². The molecule has 10 nitrogen and oxygen atoms in total. The second-order valence-electron chi connectivity index (χ2n) is 11.2. The number of amides is 2. The molecule has 2 atom stereocenters. The zero-order valence-electron chi connectivity index (χ0n) is 22.9. The molecule has 2 aliphatic rings. The number of benzene rings is 2. The van der Waals surface area contributed by atoms with E-state index in [0.717, 1.165) is 5.56 Å². The van der Waals surface area contributed by atoms with Crippen molar-refractivity contribution in [3.05, 3.63) is 82.4 Å². The summed E-state index contributed by atoms with van der Waals surface area (Å²) >= 11 is 0. The molecule has 0 unspecified atom stereocenters. The summed E-state index contributed by atoms with van der Waals surface area (Å²) in [6.07, 6.45) is 0.994. The largest absolute Gasteiger partial charge is 0.437 e. The summed E-state index contributed by atoms with van der Waals surface area (Å²) in [7, 11) is 0. The van der Waals surface area contributed by atoms with Crippen LogP contribution >= 0.6 is 0 Å². The van der Waals surface area contributed by atoms with E-state index in [2.05, 4.69) is 4.98 Å². The van der Waals surface area contributed by atoms with Crippen LogP contribution in [-0.4, -0.2) is 56.0 Å². The van der Waals surface area contributed by atoms with Gasteiger partial charge in [0, 0.05) is 43.3 Å². The molecular formula is C30H33F2N5O5. The van der Waals surface area contributed by atoms with Crippen molar-refractivity contribution >= 4 is 17.5 Å². The second kappa shape index (κ2) is 11.5. The molecule has 1 aliphatic heterocycles. The van der Waals surface area contributed by atoms with Crippen LogP contribution in [0.1, 0.15) is 53.9 Å². The molecule has 2 amide bonds. The number of primary amides is 1. The highest BCUT2D eigenvalue weighted by atomic mass is 19.3. The van der Waals surface area contributed by atoms with Gasteiger partial charge >= 0.3 is 0 Å². The van der Waals surface area contributed by atoms with Gasteiger partial charge in [0.2, 0.25) is 23.6 Å². The number of nitrogens with zero attached hydrogens (tertiary/aromatic N) is 3. The maximum Gasteiger partial charge on any atom is 0.280 e. The molecule has 2 fully saturated rings. The van der Waals surface area contributed by atoms with Crippen LogP contribution in [0.15, 0.2) is 65.7 Å². The molecule has 1 saturated carbocycles. The molecule has 2 aromatic carbocycles. The number of carbonyl (C=O) groups is 2. The van der Waals surface area contributed by atoms with Gasteiger partial charge in [-0.3, -0.25) is 19.0 Å². The fourth-order valence-corrected chi connectivity index (χ4v) is 5.82. The topological polar surface area (TPSA) is 154 Å².